The highest BCUT2D eigenvalue weighted by Crippen LogP contribution is 1.99. The van der Waals surface area contributed by atoms with E-state index in [1.165, 1.54) is 0 Å². The lowest BCUT2D eigenvalue weighted by molar-refractivity contribution is -0.144. The highest BCUT2D eigenvalue weighted by Gasteiger charge is 2.00. The van der Waals surface area contributed by atoms with Crippen LogP contribution in [0.1, 0.15) is 5.56 Å². The van der Waals surface area contributed by atoms with Crippen LogP contribution in [0.3, 0.4) is 0 Å². The second-order valence-electron chi connectivity index (χ2n) is 2.75. The third-order valence-corrected chi connectivity index (χ3v) is 1.65. The van der Waals surface area contributed by atoms with Gasteiger partial charge in [-0.25, -0.2) is 5.43 Å². The minimum Gasteiger partial charge on any atom is -0.460 e. The number of hydrogen-bond donors (Lipinski definition) is 2. The van der Waals surface area contributed by atoms with Crippen LogP contribution < -0.4 is 10.9 Å². The van der Waals surface area contributed by atoms with E-state index in [0.717, 1.165) is 5.56 Å². The molecule has 0 fully saturated rings. The van der Waals surface area contributed by atoms with E-state index in [4.69, 9.17) is 4.74 Å². The Labute approximate surface area is 83.2 Å². The predicted octanol–water partition coefficient (Wildman–Crippen LogP) is 0.454. The molecule has 1 aromatic rings. The first-order valence-electron chi connectivity index (χ1n) is 4.42. The van der Waals surface area contributed by atoms with Gasteiger partial charge in [0.25, 0.3) is 0 Å². The highest BCUT2D eigenvalue weighted by molar-refractivity contribution is 5.71. The van der Waals surface area contributed by atoms with E-state index in [-0.39, 0.29) is 12.5 Å². The number of carbonyl (C=O) groups is 1. The van der Waals surface area contributed by atoms with Crippen LogP contribution in [0.2, 0.25) is 0 Å². The van der Waals surface area contributed by atoms with Crippen LogP contribution in [0.15, 0.2) is 30.3 Å². The molecule has 0 saturated heterocycles. The minimum atomic E-state index is -0.275. The van der Waals surface area contributed by atoms with Crippen LogP contribution in [-0.4, -0.2) is 19.6 Å². The Morgan fingerprint density at radius 1 is 1.36 bits per heavy atom. The van der Waals surface area contributed by atoms with Crippen molar-refractivity contribution in [3.8, 4) is 0 Å². The number of rotatable bonds is 5. The first-order chi connectivity index (χ1) is 6.83. The van der Waals surface area contributed by atoms with E-state index in [1.807, 2.05) is 30.3 Å². The number of esters is 1. The summed E-state index contributed by atoms with van der Waals surface area (Å²) >= 11 is 0. The van der Waals surface area contributed by atoms with Crippen molar-refractivity contribution in [1.29, 1.82) is 0 Å². The molecule has 1 rings (SSSR count). The summed E-state index contributed by atoms with van der Waals surface area (Å²) in [6.45, 7) is 0.494. The lowest BCUT2D eigenvalue weighted by Crippen LogP contribution is -2.33. The average Bonchev–Trinajstić information content (AvgIpc) is 2.25. The fourth-order valence-corrected chi connectivity index (χ4v) is 0.950. The normalized spacial score (nSPS) is 9.79. The smallest absolute Gasteiger partial charge is 0.321 e. The summed E-state index contributed by atoms with van der Waals surface area (Å²) in [7, 11) is 1.70. The van der Waals surface area contributed by atoms with Gasteiger partial charge < -0.3 is 4.74 Å². The summed E-state index contributed by atoms with van der Waals surface area (Å²) in [5, 5.41) is 0. The molecule has 0 aromatic heterocycles. The maximum absolute atomic E-state index is 11.1. The standard InChI is InChI=1S/C10H14N2O2/c1-11-12-7-10(13)14-8-9-5-3-2-4-6-9/h2-6,11-12H,7-8H2,1H3. The minimum absolute atomic E-state index is 0.170. The molecule has 4 heteroatoms. The van der Waals surface area contributed by atoms with Crippen molar-refractivity contribution in [2.45, 2.75) is 6.61 Å². The van der Waals surface area contributed by atoms with Crippen molar-refractivity contribution in [3.05, 3.63) is 35.9 Å². The van der Waals surface area contributed by atoms with Crippen molar-refractivity contribution in [1.82, 2.24) is 10.9 Å². The van der Waals surface area contributed by atoms with E-state index in [2.05, 4.69) is 10.9 Å². The van der Waals surface area contributed by atoms with Crippen molar-refractivity contribution in [2.24, 2.45) is 0 Å². The molecule has 0 aliphatic rings. The first-order valence-corrected chi connectivity index (χ1v) is 4.42. The number of nitrogens with one attached hydrogen (secondary N) is 2. The Morgan fingerprint density at radius 2 is 2.07 bits per heavy atom. The quantitative estimate of drug-likeness (QED) is 0.528. The number of benzene rings is 1. The summed E-state index contributed by atoms with van der Waals surface area (Å²) < 4.78 is 4.99. The van der Waals surface area contributed by atoms with Gasteiger partial charge in [0.2, 0.25) is 0 Å². The highest BCUT2D eigenvalue weighted by atomic mass is 16.5. The average molecular weight is 194 g/mol. The van der Waals surface area contributed by atoms with Gasteiger partial charge in [-0.3, -0.25) is 10.2 Å². The van der Waals surface area contributed by atoms with E-state index < -0.39 is 0 Å². The molecule has 76 valence electrons. The molecule has 4 nitrogen and oxygen atoms in total. The maximum Gasteiger partial charge on any atom is 0.321 e. The lowest BCUT2D eigenvalue weighted by Gasteiger charge is -2.04. The molecule has 0 unspecified atom stereocenters. The monoisotopic (exact) mass is 194 g/mol. The van der Waals surface area contributed by atoms with Gasteiger partial charge in [-0.05, 0) is 12.6 Å². The summed E-state index contributed by atoms with van der Waals surface area (Å²) in [4.78, 5) is 11.1. The van der Waals surface area contributed by atoms with Crippen LogP contribution >= 0.6 is 0 Å². The fraction of sp³-hybridized carbons (Fsp3) is 0.300. The van der Waals surface area contributed by atoms with Crippen LogP contribution in [0.25, 0.3) is 0 Å². The number of hydrazine groups is 1. The Hall–Kier alpha value is -1.39. The molecule has 0 bridgehead atoms. The molecule has 0 aliphatic heterocycles. The predicted molar refractivity (Wildman–Crippen MR) is 53.3 cm³/mol. The fourth-order valence-electron chi connectivity index (χ4n) is 0.950. The van der Waals surface area contributed by atoms with E-state index in [0.29, 0.717) is 6.61 Å². The molecule has 0 saturated carbocycles. The van der Waals surface area contributed by atoms with Gasteiger partial charge >= 0.3 is 5.97 Å². The molecule has 2 N–H and O–H groups in total. The molecule has 0 aliphatic carbocycles. The number of ether oxygens (including phenoxy) is 1. The Morgan fingerprint density at radius 3 is 2.71 bits per heavy atom. The van der Waals surface area contributed by atoms with Gasteiger partial charge in [-0.1, -0.05) is 30.3 Å². The van der Waals surface area contributed by atoms with Crippen LogP contribution in [0, 0.1) is 0 Å². The molecule has 0 radical (unpaired) electrons. The van der Waals surface area contributed by atoms with E-state index >= 15 is 0 Å². The molecular weight excluding hydrogens is 180 g/mol. The SMILES string of the molecule is CNNCC(=O)OCc1ccccc1. The molecule has 14 heavy (non-hydrogen) atoms. The van der Waals surface area contributed by atoms with Crippen LogP contribution in [0.5, 0.6) is 0 Å². The largest absolute Gasteiger partial charge is 0.460 e. The Kier molecular flexibility index (Phi) is 4.68. The first kappa shape index (κ1) is 10.7. The summed E-state index contributed by atoms with van der Waals surface area (Å²) in [5.74, 6) is -0.275. The topological polar surface area (TPSA) is 50.4 Å². The zero-order valence-corrected chi connectivity index (χ0v) is 8.12. The van der Waals surface area contributed by atoms with Crippen LogP contribution in [0.4, 0.5) is 0 Å². The third kappa shape index (κ3) is 4.02. The molecule has 0 amide bonds. The molecule has 0 spiro atoms. The number of carbonyl (C=O) groups excluding carboxylic acids is 1. The van der Waals surface area contributed by atoms with Gasteiger partial charge in [0.15, 0.2) is 0 Å². The van der Waals surface area contributed by atoms with Crippen molar-refractivity contribution in [3.63, 3.8) is 0 Å². The van der Waals surface area contributed by atoms with Crippen LogP contribution in [-0.2, 0) is 16.1 Å². The van der Waals surface area contributed by atoms with Gasteiger partial charge in [0.1, 0.15) is 13.2 Å². The van der Waals surface area contributed by atoms with Gasteiger partial charge in [0.05, 0.1) is 0 Å². The molecule has 0 atom stereocenters. The van der Waals surface area contributed by atoms with E-state index in [9.17, 15) is 4.79 Å². The molecule has 0 heterocycles. The lowest BCUT2D eigenvalue weighted by atomic mass is 10.2. The van der Waals surface area contributed by atoms with Gasteiger partial charge in [0, 0.05) is 0 Å². The maximum atomic E-state index is 11.1. The summed E-state index contributed by atoms with van der Waals surface area (Å²) in [6.07, 6.45) is 0. The zero-order chi connectivity index (χ0) is 10.2. The van der Waals surface area contributed by atoms with Gasteiger partial charge in [-0.15, -0.1) is 0 Å². The Bertz CT molecular complexity index is 275. The molecular formula is C10H14N2O2. The second-order valence-corrected chi connectivity index (χ2v) is 2.75. The summed E-state index contributed by atoms with van der Waals surface area (Å²) in [5.41, 5.74) is 6.30. The molecule has 1 aromatic carbocycles. The Balaban J connectivity index is 2.24. The van der Waals surface area contributed by atoms with Gasteiger partial charge in [-0.2, -0.15) is 0 Å². The number of hydrogen-bond acceptors (Lipinski definition) is 4. The van der Waals surface area contributed by atoms with Crippen molar-refractivity contribution in [2.75, 3.05) is 13.6 Å². The second kappa shape index (κ2) is 6.12. The zero-order valence-electron chi connectivity index (χ0n) is 8.12. The van der Waals surface area contributed by atoms with Crippen molar-refractivity contribution < 1.29 is 9.53 Å². The van der Waals surface area contributed by atoms with E-state index in [1.54, 1.807) is 7.05 Å². The summed E-state index contributed by atoms with van der Waals surface area (Å²) in [6, 6.07) is 9.58. The van der Waals surface area contributed by atoms with Crippen molar-refractivity contribution >= 4 is 5.97 Å². The third-order valence-electron chi connectivity index (χ3n) is 1.65.